The summed E-state index contributed by atoms with van der Waals surface area (Å²) in [6, 6.07) is 0. The highest BCUT2D eigenvalue weighted by atomic mass is 16.2. The van der Waals surface area contributed by atoms with E-state index in [0.29, 0.717) is 12.5 Å². The SMILES string of the molecule is CCN(CC(=O)N1CCCCC1)CC1CCCNC1. The molecule has 1 N–H and O–H groups in total. The number of hydrogen-bond acceptors (Lipinski definition) is 3. The zero-order valence-corrected chi connectivity index (χ0v) is 12.4. The molecule has 0 aromatic rings. The number of likely N-dealkylation sites (N-methyl/N-ethyl adjacent to an activating group) is 1. The minimum atomic E-state index is 0.338. The fourth-order valence-corrected chi connectivity index (χ4v) is 3.19. The van der Waals surface area contributed by atoms with Crippen LogP contribution in [-0.4, -0.2) is 61.5 Å². The van der Waals surface area contributed by atoms with Crippen LogP contribution in [0.15, 0.2) is 0 Å². The van der Waals surface area contributed by atoms with E-state index in [2.05, 4.69) is 22.0 Å². The second kappa shape index (κ2) is 7.85. The molecule has 0 aromatic carbocycles. The summed E-state index contributed by atoms with van der Waals surface area (Å²) in [5.41, 5.74) is 0. The molecule has 1 atom stereocenters. The Labute approximate surface area is 117 Å². The Morgan fingerprint density at radius 2 is 2.05 bits per heavy atom. The lowest BCUT2D eigenvalue weighted by molar-refractivity contribution is -0.133. The summed E-state index contributed by atoms with van der Waals surface area (Å²) in [6.07, 6.45) is 6.24. The molecular weight excluding hydrogens is 238 g/mol. The highest BCUT2D eigenvalue weighted by molar-refractivity contribution is 5.78. The van der Waals surface area contributed by atoms with Gasteiger partial charge in [-0.2, -0.15) is 0 Å². The van der Waals surface area contributed by atoms with Crippen molar-refractivity contribution in [3.8, 4) is 0 Å². The number of carbonyl (C=O) groups is 1. The normalized spacial score (nSPS) is 24.7. The Kier molecular flexibility index (Phi) is 6.11. The average molecular weight is 267 g/mol. The van der Waals surface area contributed by atoms with Gasteiger partial charge in [0.2, 0.25) is 5.91 Å². The maximum atomic E-state index is 12.3. The molecule has 4 heteroatoms. The lowest BCUT2D eigenvalue weighted by Gasteiger charge is -2.32. The summed E-state index contributed by atoms with van der Waals surface area (Å²) in [7, 11) is 0. The second-order valence-corrected chi connectivity index (χ2v) is 5.98. The highest BCUT2D eigenvalue weighted by Crippen LogP contribution is 2.13. The number of hydrogen-bond donors (Lipinski definition) is 1. The van der Waals surface area contributed by atoms with Crippen molar-refractivity contribution in [3.63, 3.8) is 0 Å². The van der Waals surface area contributed by atoms with E-state index in [9.17, 15) is 4.79 Å². The first kappa shape index (κ1) is 14.8. The van der Waals surface area contributed by atoms with Gasteiger partial charge in [-0.25, -0.2) is 0 Å². The largest absolute Gasteiger partial charge is 0.342 e. The molecule has 4 nitrogen and oxygen atoms in total. The third-order valence-electron chi connectivity index (χ3n) is 4.43. The van der Waals surface area contributed by atoms with Crippen molar-refractivity contribution in [1.29, 1.82) is 0 Å². The smallest absolute Gasteiger partial charge is 0.236 e. The molecule has 0 bridgehead atoms. The minimum Gasteiger partial charge on any atom is -0.342 e. The van der Waals surface area contributed by atoms with Crippen molar-refractivity contribution in [1.82, 2.24) is 15.1 Å². The summed E-state index contributed by atoms with van der Waals surface area (Å²) in [5, 5.41) is 3.46. The van der Waals surface area contributed by atoms with Crippen molar-refractivity contribution in [2.24, 2.45) is 5.92 Å². The van der Waals surface area contributed by atoms with Crippen LogP contribution in [0.25, 0.3) is 0 Å². The molecule has 2 saturated heterocycles. The van der Waals surface area contributed by atoms with E-state index in [1.807, 2.05) is 0 Å². The first-order chi connectivity index (χ1) is 9.29. The second-order valence-electron chi connectivity index (χ2n) is 5.98. The molecule has 0 aliphatic carbocycles. The summed E-state index contributed by atoms with van der Waals surface area (Å²) in [6.45, 7) is 9.07. The Morgan fingerprint density at radius 3 is 2.68 bits per heavy atom. The van der Waals surface area contributed by atoms with Gasteiger partial charge in [0.05, 0.1) is 6.54 Å². The van der Waals surface area contributed by atoms with Gasteiger partial charge in [-0.15, -0.1) is 0 Å². The summed E-state index contributed by atoms with van der Waals surface area (Å²) in [4.78, 5) is 16.7. The van der Waals surface area contributed by atoms with Gasteiger partial charge in [0.1, 0.15) is 0 Å². The average Bonchev–Trinajstić information content (AvgIpc) is 2.48. The monoisotopic (exact) mass is 267 g/mol. The van der Waals surface area contributed by atoms with Gasteiger partial charge in [0, 0.05) is 19.6 Å². The van der Waals surface area contributed by atoms with Crippen molar-refractivity contribution in [3.05, 3.63) is 0 Å². The number of likely N-dealkylation sites (tertiary alicyclic amines) is 1. The Hall–Kier alpha value is -0.610. The van der Waals surface area contributed by atoms with E-state index in [0.717, 1.165) is 45.2 Å². The van der Waals surface area contributed by atoms with E-state index in [-0.39, 0.29) is 0 Å². The quantitative estimate of drug-likeness (QED) is 0.816. The molecule has 0 saturated carbocycles. The van der Waals surface area contributed by atoms with Gasteiger partial charge in [-0.05, 0) is 57.7 Å². The van der Waals surface area contributed by atoms with Crippen molar-refractivity contribution < 1.29 is 4.79 Å². The van der Waals surface area contributed by atoms with Crippen LogP contribution >= 0.6 is 0 Å². The molecule has 19 heavy (non-hydrogen) atoms. The molecule has 110 valence electrons. The summed E-state index contributed by atoms with van der Waals surface area (Å²) in [5.74, 6) is 1.06. The third kappa shape index (κ3) is 4.77. The Balaban J connectivity index is 1.75. The van der Waals surface area contributed by atoms with Gasteiger partial charge in [0.25, 0.3) is 0 Å². The minimum absolute atomic E-state index is 0.338. The van der Waals surface area contributed by atoms with Crippen LogP contribution in [0.1, 0.15) is 39.0 Å². The summed E-state index contributed by atoms with van der Waals surface area (Å²) < 4.78 is 0. The van der Waals surface area contributed by atoms with E-state index in [4.69, 9.17) is 0 Å². The number of piperidine rings is 2. The summed E-state index contributed by atoms with van der Waals surface area (Å²) >= 11 is 0. The lowest BCUT2D eigenvalue weighted by Crippen LogP contribution is -2.45. The molecule has 2 aliphatic rings. The van der Waals surface area contributed by atoms with E-state index in [1.54, 1.807) is 0 Å². The van der Waals surface area contributed by atoms with Crippen LogP contribution < -0.4 is 5.32 Å². The van der Waals surface area contributed by atoms with Crippen molar-refractivity contribution in [2.45, 2.75) is 39.0 Å². The Morgan fingerprint density at radius 1 is 1.26 bits per heavy atom. The number of rotatable bonds is 5. The van der Waals surface area contributed by atoms with E-state index >= 15 is 0 Å². The van der Waals surface area contributed by atoms with Crippen LogP contribution in [0.5, 0.6) is 0 Å². The third-order valence-corrected chi connectivity index (χ3v) is 4.43. The van der Waals surface area contributed by atoms with Gasteiger partial charge < -0.3 is 10.2 Å². The molecule has 2 aliphatic heterocycles. The highest BCUT2D eigenvalue weighted by Gasteiger charge is 2.21. The van der Waals surface area contributed by atoms with E-state index < -0.39 is 0 Å². The van der Waals surface area contributed by atoms with Crippen LogP contribution in [0, 0.1) is 5.92 Å². The fraction of sp³-hybridized carbons (Fsp3) is 0.933. The molecule has 1 unspecified atom stereocenters. The van der Waals surface area contributed by atoms with Gasteiger partial charge >= 0.3 is 0 Å². The predicted molar refractivity (Wildman–Crippen MR) is 78.1 cm³/mol. The molecule has 0 aromatic heterocycles. The molecule has 0 spiro atoms. The van der Waals surface area contributed by atoms with Crippen LogP contribution in [-0.2, 0) is 4.79 Å². The number of amides is 1. The Bertz CT molecular complexity index is 271. The maximum Gasteiger partial charge on any atom is 0.236 e. The van der Waals surface area contributed by atoms with Crippen molar-refractivity contribution >= 4 is 5.91 Å². The standard InChI is InChI=1S/C15H29N3O/c1-2-17(12-14-7-6-8-16-11-14)13-15(19)18-9-4-3-5-10-18/h14,16H,2-13H2,1H3. The first-order valence-corrected chi connectivity index (χ1v) is 8.00. The zero-order valence-electron chi connectivity index (χ0n) is 12.4. The maximum absolute atomic E-state index is 12.3. The van der Waals surface area contributed by atoms with Crippen LogP contribution in [0.3, 0.4) is 0 Å². The molecule has 2 rings (SSSR count). The van der Waals surface area contributed by atoms with Crippen LogP contribution in [0.4, 0.5) is 0 Å². The number of carbonyl (C=O) groups excluding carboxylic acids is 1. The van der Waals surface area contributed by atoms with Crippen LogP contribution in [0.2, 0.25) is 0 Å². The number of nitrogens with one attached hydrogen (secondary N) is 1. The molecule has 2 heterocycles. The number of nitrogens with zero attached hydrogens (tertiary/aromatic N) is 2. The van der Waals surface area contributed by atoms with Gasteiger partial charge in [-0.1, -0.05) is 6.92 Å². The zero-order chi connectivity index (χ0) is 13.5. The van der Waals surface area contributed by atoms with Crippen molar-refractivity contribution in [2.75, 3.05) is 45.8 Å². The molecular formula is C15H29N3O. The van der Waals surface area contributed by atoms with E-state index in [1.165, 1.54) is 32.1 Å². The fourth-order valence-electron chi connectivity index (χ4n) is 3.19. The predicted octanol–water partition coefficient (Wildman–Crippen LogP) is 1.32. The molecule has 1 amide bonds. The van der Waals surface area contributed by atoms with Gasteiger partial charge in [0.15, 0.2) is 0 Å². The lowest BCUT2D eigenvalue weighted by atomic mass is 9.99. The molecule has 0 radical (unpaired) electrons. The topological polar surface area (TPSA) is 35.6 Å². The van der Waals surface area contributed by atoms with Gasteiger partial charge in [-0.3, -0.25) is 9.69 Å². The molecule has 2 fully saturated rings. The first-order valence-electron chi connectivity index (χ1n) is 8.00.